The summed E-state index contributed by atoms with van der Waals surface area (Å²) in [5.74, 6) is 0.923. The molecule has 0 aliphatic heterocycles. The van der Waals surface area contributed by atoms with E-state index in [0.29, 0.717) is 12.3 Å². The summed E-state index contributed by atoms with van der Waals surface area (Å²) in [6, 6.07) is 11.9. The van der Waals surface area contributed by atoms with Gasteiger partial charge < -0.3 is 0 Å². The predicted molar refractivity (Wildman–Crippen MR) is 71.5 cm³/mol. The van der Waals surface area contributed by atoms with Crippen molar-refractivity contribution in [2.75, 3.05) is 5.75 Å². The Balaban J connectivity index is 2.22. The SMILES string of the molecule is O=c1ncccn1CC(CS)c1ccccc1. The van der Waals surface area contributed by atoms with Crippen molar-refractivity contribution in [3.8, 4) is 0 Å². The zero-order chi connectivity index (χ0) is 12.1. The molecule has 2 rings (SSSR count). The number of rotatable bonds is 4. The monoisotopic (exact) mass is 246 g/mol. The van der Waals surface area contributed by atoms with Gasteiger partial charge in [-0.15, -0.1) is 0 Å². The summed E-state index contributed by atoms with van der Waals surface area (Å²) < 4.78 is 1.62. The van der Waals surface area contributed by atoms with Crippen molar-refractivity contribution in [1.82, 2.24) is 9.55 Å². The molecule has 0 aliphatic carbocycles. The molecule has 17 heavy (non-hydrogen) atoms. The first kappa shape index (κ1) is 11.9. The molecule has 0 N–H and O–H groups in total. The first-order valence-corrected chi connectivity index (χ1v) is 6.12. The maximum Gasteiger partial charge on any atom is 0.347 e. The molecule has 2 aromatic rings. The van der Waals surface area contributed by atoms with Gasteiger partial charge in [-0.2, -0.15) is 12.6 Å². The minimum atomic E-state index is -0.213. The van der Waals surface area contributed by atoms with E-state index >= 15 is 0 Å². The van der Waals surface area contributed by atoms with E-state index in [-0.39, 0.29) is 11.6 Å². The van der Waals surface area contributed by atoms with E-state index in [1.807, 2.05) is 18.2 Å². The van der Waals surface area contributed by atoms with Crippen LogP contribution in [0.1, 0.15) is 11.5 Å². The van der Waals surface area contributed by atoms with Crippen LogP contribution in [0.2, 0.25) is 0 Å². The molecule has 1 heterocycles. The summed E-state index contributed by atoms with van der Waals surface area (Å²) in [7, 11) is 0. The highest BCUT2D eigenvalue weighted by molar-refractivity contribution is 7.80. The molecule has 0 saturated heterocycles. The van der Waals surface area contributed by atoms with Crippen LogP contribution in [0.25, 0.3) is 0 Å². The molecular formula is C13H14N2OS. The zero-order valence-electron chi connectivity index (χ0n) is 9.36. The second kappa shape index (κ2) is 5.68. The lowest BCUT2D eigenvalue weighted by Gasteiger charge is -2.15. The highest BCUT2D eigenvalue weighted by atomic mass is 32.1. The lowest BCUT2D eigenvalue weighted by atomic mass is 10.0. The van der Waals surface area contributed by atoms with Crippen molar-refractivity contribution in [3.63, 3.8) is 0 Å². The van der Waals surface area contributed by atoms with Crippen LogP contribution in [0.3, 0.4) is 0 Å². The number of hydrogen-bond donors (Lipinski definition) is 1. The molecule has 1 aromatic carbocycles. The standard InChI is InChI=1S/C13H14N2OS/c16-13-14-7-4-8-15(13)9-12(10-17)11-5-2-1-3-6-11/h1-8,12,17H,9-10H2. The Morgan fingerprint density at radius 3 is 2.65 bits per heavy atom. The van der Waals surface area contributed by atoms with Gasteiger partial charge >= 0.3 is 5.69 Å². The van der Waals surface area contributed by atoms with Crippen molar-refractivity contribution >= 4 is 12.6 Å². The molecule has 3 nitrogen and oxygen atoms in total. The quantitative estimate of drug-likeness (QED) is 0.837. The molecule has 88 valence electrons. The Labute approximate surface area is 106 Å². The van der Waals surface area contributed by atoms with Gasteiger partial charge in [-0.05, 0) is 17.4 Å². The lowest BCUT2D eigenvalue weighted by Crippen LogP contribution is -2.25. The number of hydrogen-bond acceptors (Lipinski definition) is 3. The number of thiol groups is 1. The molecule has 1 aromatic heterocycles. The highest BCUT2D eigenvalue weighted by Crippen LogP contribution is 2.18. The van der Waals surface area contributed by atoms with Gasteiger partial charge in [0.2, 0.25) is 0 Å². The molecule has 4 heteroatoms. The molecule has 1 unspecified atom stereocenters. The Morgan fingerprint density at radius 1 is 1.24 bits per heavy atom. The lowest BCUT2D eigenvalue weighted by molar-refractivity contribution is 0.575. The molecule has 0 amide bonds. The third kappa shape index (κ3) is 2.97. The molecule has 0 saturated carbocycles. The van der Waals surface area contributed by atoms with Crippen molar-refractivity contribution in [1.29, 1.82) is 0 Å². The van der Waals surface area contributed by atoms with Crippen LogP contribution in [-0.4, -0.2) is 15.3 Å². The minimum Gasteiger partial charge on any atom is -0.299 e. The summed E-state index contributed by atoms with van der Waals surface area (Å²) >= 11 is 4.36. The maximum absolute atomic E-state index is 11.5. The molecule has 0 aliphatic rings. The molecule has 0 fully saturated rings. The van der Waals surface area contributed by atoms with E-state index in [1.54, 1.807) is 16.8 Å². The van der Waals surface area contributed by atoms with Crippen LogP contribution >= 0.6 is 12.6 Å². The second-order valence-electron chi connectivity index (χ2n) is 3.84. The van der Waals surface area contributed by atoms with Crippen molar-refractivity contribution in [2.24, 2.45) is 0 Å². The number of benzene rings is 1. The fourth-order valence-corrected chi connectivity index (χ4v) is 2.08. The summed E-state index contributed by atoms with van der Waals surface area (Å²) in [5, 5.41) is 0. The predicted octanol–water partition coefficient (Wildman–Crippen LogP) is 1.96. The van der Waals surface area contributed by atoms with Crippen LogP contribution in [0.5, 0.6) is 0 Å². The topological polar surface area (TPSA) is 34.9 Å². The first-order valence-electron chi connectivity index (χ1n) is 5.48. The van der Waals surface area contributed by atoms with E-state index < -0.39 is 0 Å². The zero-order valence-corrected chi connectivity index (χ0v) is 10.3. The van der Waals surface area contributed by atoms with Gasteiger partial charge in [-0.25, -0.2) is 9.78 Å². The molecule has 0 radical (unpaired) electrons. The Kier molecular flexibility index (Phi) is 3.98. The van der Waals surface area contributed by atoms with Gasteiger partial charge in [0.25, 0.3) is 0 Å². The summed E-state index contributed by atoms with van der Waals surface area (Å²) in [5.41, 5.74) is 0.980. The Bertz CT molecular complexity index is 524. The third-order valence-electron chi connectivity index (χ3n) is 2.69. The fraction of sp³-hybridized carbons (Fsp3) is 0.231. The van der Waals surface area contributed by atoms with E-state index in [1.165, 1.54) is 11.8 Å². The summed E-state index contributed by atoms with van der Waals surface area (Å²) in [6.45, 7) is 0.611. The summed E-state index contributed by atoms with van der Waals surface area (Å²) in [6.07, 6.45) is 3.27. The van der Waals surface area contributed by atoms with Gasteiger partial charge in [-0.3, -0.25) is 4.57 Å². The smallest absolute Gasteiger partial charge is 0.299 e. The molecular weight excluding hydrogens is 232 g/mol. The van der Waals surface area contributed by atoms with E-state index in [4.69, 9.17) is 0 Å². The Hall–Kier alpha value is -1.55. The number of nitrogens with zero attached hydrogens (tertiary/aromatic N) is 2. The second-order valence-corrected chi connectivity index (χ2v) is 4.21. The van der Waals surface area contributed by atoms with E-state index in [9.17, 15) is 4.79 Å². The van der Waals surface area contributed by atoms with Gasteiger partial charge in [0.05, 0.1) is 0 Å². The molecule has 0 spiro atoms. The fourth-order valence-electron chi connectivity index (χ4n) is 1.76. The van der Waals surface area contributed by atoms with E-state index in [0.717, 1.165) is 0 Å². The molecule has 1 atom stereocenters. The summed E-state index contributed by atoms with van der Waals surface area (Å²) in [4.78, 5) is 15.3. The van der Waals surface area contributed by atoms with Crippen LogP contribution in [0.4, 0.5) is 0 Å². The molecule has 0 bridgehead atoms. The highest BCUT2D eigenvalue weighted by Gasteiger charge is 2.10. The normalized spacial score (nSPS) is 12.3. The van der Waals surface area contributed by atoms with Gasteiger partial charge in [0.15, 0.2) is 0 Å². The van der Waals surface area contributed by atoms with Gasteiger partial charge in [0.1, 0.15) is 0 Å². The van der Waals surface area contributed by atoms with E-state index in [2.05, 4.69) is 29.7 Å². The van der Waals surface area contributed by atoms with Crippen LogP contribution in [0.15, 0.2) is 53.6 Å². The van der Waals surface area contributed by atoms with Crippen molar-refractivity contribution in [2.45, 2.75) is 12.5 Å². The third-order valence-corrected chi connectivity index (χ3v) is 3.13. The van der Waals surface area contributed by atoms with Crippen molar-refractivity contribution in [3.05, 3.63) is 64.8 Å². The number of aromatic nitrogens is 2. The average molecular weight is 246 g/mol. The first-order chi connectivity index (χ1) is 8.31. The van der Waals surface area contributed by atoms with Crippen molar-refractivity contribution < 1.29 is 0 Å². The maximum atomic E-state index is 11.5. The van der Waals surface area contributed by atoms with Gasteiger partial charge in [0, 0.05) is 24.9 Å². The van der Waals surface area contributed by atoms with Gasteiger partial charge in [-0.1, -0.05) is 30.3 Å². The Morgan fingerprint density at radius 2 is 2.00 bits per heavy atom. The minimum absolute atomic E-state index is 0.213. The largest absolute Gasteiger partial charge is 0.347 e. The van der Waals surface area contributed by atoms with Crippen LogP contribution in [-0.2, 0) is 6.54 Å². The average Bonchev–Trinajstić information content (AvgIpc) is 2.39. The van der Waals surface area contributed by atoms with Crippen LogP contribution < -0.4 is 5.69 Å². The van der Waals surface area contributed by atoms with Crippen LogP contribution in [0, 0.1) is 0 Å².